The van der Waals surface area contributed by atoms with Crippen molar-refractivity contribution >= 4 is 0 Å². The number of H-pyrrole nitrogens is 1. The van der Waals surface area contributed by atoms with E-state index in [0.717, 1.165) is 12.1 Å². The Bertz CT molecular complexity index is 650. The molecular formula is C13H12F2N2O. The number of halogens is 2. The molecule has 1 heterocycles. The maximum absolute atomic E-state index is 13.2. The first kappa shape index (κ1) is 12.4. The minimum Gasteiger partial charge on any atom is -0.310 e. The molecule has 0 aliphatic carbocycles. The number of aromatic amines is 1. The van der Waals surface area contributed by atoms with Crippen LogP contribution in [0, 0.1) is 18.6 Å². The van der Waals surface area contributed by atoms with E-state index in [1.165, 1.54) is 6.07 Å². The Morgan fingerprint density at radius 1 is 1.28 bits per heavy atom. The van der Waals surface area contributed by atoms with E-state index in [9.17, 15) is 13.6 Å². The summed E-state index contributed by atoms with van der Waals surface area (Å²) < 4.78 is 26.1. The highest BCUT2D eigenvalue weighted by Gasteiger charge is 2.11. The Morgan fingerprint density at radius 2 is 2.00 bits per heavy atom. The van der Waals surface area contributed by atoms with E-state index in [2.05, 4.69) is 9.97 Å². The van der Waals surface area contributed by atoms with Crippen LogP contribution < -0.4 is 5.56 Å². The lowest BCUT2D eigenvalue weighted by atomic mass is 10.1. The van der Waals surface area contributed by atoms with E-state index in [1.54, 1.807) is 6.92 Å². The molecule has 0 aliphatic heterocycles. The molecule has 0 amide bonds. The third-order valence-electron chi connectivity index (χ3n) is 2.73. The van der Waals surface area contributed by atoms with Gasteiger partial charge in [-0.1, -0.05) is 6.92 Å². The van der Waals surface area contributed by atoms with Crippen LogP contribution in [-0.2, 0) is 6.42 Å². The summed E-state index contributed by atoms with van der Waals surface area (Å²) in [5.41, 5.74) is 0.904. The molecule has 0 aliphatic rings. The van der Waals surface area contributed by atoms with Crippen LogP contribution in [0.5, 0.6) is 0 Å². The molecule has 94 valence electrons. The Hall–Kier alpha value is -2.04. The first-order chi connectivity index (χ1) is 8.52. The van der Waals surface area contributed by atoms with Crippen LogP contribution in [0.1, 0.15) is 18.3 Å². The van der Waals surface area contributed by atoms with Crippen LogP contribution in [0.4, 0.5) is 8.78 Å². The number of rotatable bonds is 2. The smallest absolute Gasteiger partial charge is 0.254 e. The number of nitrogens with zero attached hydrogens (tertiary/aromatic N) is 1. The van der Waals surface area contributed by atoms with Crippen LogP contribution in [-0.4, -0.2) is 9.97 Å². The highest BCUT2D eigenvalue weighted by molar-refractivity contribution is 5.62. The van der Waals surface area contributed by atoms with E-state index in [1.807, 2.05) is 6.92 Å². The molecule has 0 bridgehead atoms. The Kier molecular flexibility index (Phi) is 3.23. The lowest BCUT2D eigenvalue weighted by molar-refractivity contribution is 0.509. The van der Waals surface area contributed by atoms with Gasteiger partial charge in [-0.2, -0.15) is 0 Å². The second-order valence-electron chi connectivity index (χ2n) is 3.97. The molecule has 3 nitrogen and oxygen atoms in total. The van der Waals surface area contributed by atoms with Crippen LogP contribution in [0.2, 0.25) is 0 Å². The van der Waals surface area contributed by atoms with Crippen LogP contribution in [0.3, 0.4) is 0 Å². The molecule has 5 heteroatoms. The maximum Gasteiger partial charge on any atom is 0.254 e. The Morgan fingerprint density at radius 3 is 2.61 bits per heavy atom. The third kappa shape index (κ3) is 2.16. The number of hydrogen-bond acceptors (Lipinski definition) is 2. The summed E-state index contributed by atoms with van der Waals surface area (Å²) in [4.78, 5) is 18.6. The first-order valence-electron chi connectivity index (χ1n) is 5.58. The van der Waals surface area contributed by atoms with Crippen molar-refractivity contribution in [3.63, 3.8) is 0 Å². The predicted octanol–water partition coefficient (Wildman–Crippen LogP) is 2.59. The monoisotopic (exact) mass is 250 g/mol. The highest BCUT2D eigenvalue weighted by Crippen LogP contribution is 2.21. The van der Waals surface area contributed by atoms with Crippen molar-refractivity contribution in [3.8, 4) is 11.3 Å². The fourth-order valence-corrected chi connectivity index (χ4v) is 1.67. The van der Waals surface area contributed by atoms with Crippen molar-refractivity contribution in [3.05, 3.63) is 51.6 Å². The summed E-state index contributed by atoms with van der Waals surface area (Å²) in [6.07, 6.45) is 0.562. The fraction of sp³-hybridized carbons (Fsp3) is 0.231. The summed E-state index contributed by atoms with van der Waals surface area (Å²) in [6, 6.07) is 3.48. The van der Waals surface area contributed by atoms with Gasteiger partial charge >= 0.3 is 0 Å². The zero-order chi connectivity index (χ0) is 13.3. The average Bonchev–Trinajstić information content (AvgIpc) is 2.36. The van der Waals surface area contributed by atoms with E-state index >= 15 is 0 Å². The summed E-state index contributed by atoms with van der Waals surface area (Å²) in [5, 5.41) is 0. The van der Waals surface area contributed by atoms with Crippen molar-refractivity contribution in [1.29, 1.82) is 0 Å². The van der Waals surface area contributed by atoms with Crippen molar-refractivity contribution in [2.45, 2.75) is 20.3 Å². The Labute approximate surface area is 103 Å². The molecule has 0 atom stereocenters. The van der Waals surface area contributed by atoms with Gasteiger partial charge in [0.25, 0.3) is 5.56 Å². The number of aromatic nitrogens is 2. The maximum atomic E-state index is 13.2. The van der Waals surface area contributed by atoms with Crippen molar-refractivity contribution in [2.24, 2.45) is 0 Å². The van der Waals surface area contributed by atoms with Gasteiger partial charge in [0.05, 0.1) is 5.69 Å². The lowest BCUT2D eigenvalue weighted by Gasteiger charge is -2.07. The third-order valence-corrected chi connectivity index (χ3v) is 2.73. The van der Waals surface area contributed by atoms with Gasteiger partial charge < -0.3 is 4.98 Å². The lowest BCUT2D eigenvalue weighted by Crippen LogP contribution is -2.15. The van der Waals surface area contributed by atoms with Crippen LogP contribution in [0.25, 0.3) is 11.3 Å². The van der Waals surface area contributed by atoms with Gasteiger partial charge in [-0.25, -0.2) is 13.8 Å². The molecule has 18 heavy (non-hydrogen) atoms. The molecule has 1 N–H and O–H groups in total. The van der Waals surface area contributed by atoms with Gasteiger partial charge in [-0.3, -0.25) is 4.79 Å². The first-order valence-corrected chi connectivity index (χ1v) is 5.58. The number of aryl methyl sites for hydroxylation is 1. The molecule has 0 spiro atoms. The standard InChI is InChI=1S/C13H12F2N2O/c1-3-11-16-12(7(2)13(18)17-11)8-4-5-9(14)10(15)6-8/h4-6H,3H2,1-2H3,(H,16,17,18). The SMILES string of the molecule is CCc1nc(-c2ccc(F)c(F)c2)c(C)c(=O)[nH]1. The molecule has 1 aromatic carbocycles. The summed E-state index contributed by atoms with van der Waals surface area (Å²) in [5.74, 6) is -1.35. The highest BCUT2D eigenvalue weighted by atomic mass is 19.2. The predicted molar refractivity (Wildman–Crippen MR) is 64.3 cm³/mol. The molecule has 1 aromatic heterocycles. The quantitative estimate of drug-likeness (QED) is 0.890. The van der Waals surface area contributed by atoms with Crippen LogP contribution in [0.15, 0.2) is 23.0 Å². The minimum atomic E-state index is -0.952. The van der Waals surface area contributed by atoms with E-state index in [-0.39, 0.29) is 5.56 Å². The fourth-order valence-electron chi connectivity index (χ4n) is 1.67. The largest absolute Gasteiger partial charge is 0.310 e. The second-order valence-corrected chi connectivity index (χ2v) is 3.97. The molecule has 0 saturated carbocycles. The molecule has 2 aromatic rings. The minimum absolute atomic E-state index is 0.262. The number of nitrogens with one attached hydrogen (secondary N) is 1. The van der Waals surface area contributed by atoms with Crippen LogP contribution >= 0.6 is 0 Å². The van der Waals surface area contributed by atoms with Gasteiger partial charge in [0.15, 0.2) is 11.6 Å². The topological polar surface area (TPSA) is 45.8 Å². The molecule has 0 unspecified atom stereocenters. The summed E-state index contributed by atoms with van der Waals surface area (Å²) >= 11 is 0. The molecular weight excluding hydrogens is 238 g/mol. The molecule has 0 radical (unpaired) electrons. The summed E-state index contributed by atoms with van der Waals surface area (Å²) in [6.45, 7) is 3.45. The van der Waals surface area contributed by atoms with Gasteiger partial charge in [0.2, 0.25) is 0 Å². The Balaban J connectivity index is 2.66. The van der Waals surface area contributed by atoms with Crippen molar-refractivity contribution in [2.75, 3.05) is 0 Å². The van der Waals surface area contributed by atoms with Crippen molar-refractivity contribution < 1.29 is 8.78 Å². The summed E-state index contributed by atoms with van der Waals surface area (Å²) in [7, 11) is 0. The number of benzene rings is 1. The van der Waals surface area contributed by atoms with E-state index < -0.39 is 11.6 Å². The molecule has 0 saturated heterocycles. The second kappa shape index (κ2) is 4.68. The van der Waals surface area contributed by atoms with Gasteiger partial charge in [0, 0.05) is 17.5 Å². The molecule has 0 fully saturated rings. The van der Waals surface area contributed by atoms with E-state index in [4.69, 9.17) is 0 Å². The normalized spacial score (nSPS) is 10.7. The van der Waals surface area contributed by atoms with Gasteiger partial charge in [-0.05, 0) is 25.1 Å². The van der Waals surface area contributed by atoms with E-state index in [0.29, 0.717) is 29.1 Å². The van der Waals surface area contributed by atoms with Gasteiger partial charge in [-0.15, -0.1) is 0 Å². The van der Waals surface area contributed by atoms with Crippen molar-refractivity contribution in [1.82, 2.24) is 9.97 Å². The zero-order valence-corrected chi connectivity index (χ0v) is 10.1. The average molecular weight is 250 g/mol. The van der Waals surface area contributed by atoms with Gasteiger partial charge in [0.1, 0.15) is 5.82 Å². The number of hydrogen-bond donors (Lipinski definition) is 1. The molecule has 2 rings (SSSR count). The zero-order valence-electron chi connectivity index (χ0n) is 10.1.